The molecular weight excluding hydrogens is 416 g/mol. The predicted octanol–water partition coefficient (Wildman–Crippen LogP) is 4.95. The van der Waals surface area contributed by atoms with Crippen molar-refractivity contribution in [2.75, 3.05) is 12.3 Å². The number of carbonyl (C=O) groups excluding carboxylic acids is 2. The first-order chi connectivity index (χ1) is 14.4. The highest BCUT2D eigenvalue weighted by atomic mass is 35.5. The van der Waals surface area contributed by atoms with Crippen molar-refractivity contribution in [1.82, 2.24) is 10.2 Å². The van der Waals surface area contributed by atoms with Crippen LogP contribution in [0.25, 0.3) is 0 Å². The Morgan fingerprint density at radius 2 is 1.77 bits per heavy atom. The largest absolute Gasteiger partial charge is 0.352 e. The number of nitrogens with zero attached hydrogens (tertiary/aromatic N) is 1. The molecule has 0 saturated carbocycles. The van der Waals surface area contributed by atoms with Crippen LogP contribution in [0.1, 0.15) is 38.3 Å². The Labute approximate surface area is 189 Å². The zero-order valence-electron chi connectivity index (χ0n) is 17.9. The van der Waals surface area contributed by atoms with Crippen molar-refractivity contribution < 1.29 is 9.59 Å². The number of benzene rings is 2. The second-order valence-corrected chi connectivity index (χ2v) is 8.86. The minimum absolute atomic E-state index is 0.0234. The van der Waals surface area contributed by atoms with Crippen molar-refractivity contribution in [3.05, 3.63) is 70.7 Å². The summed E-state index contributed by atoms with van der Waals surface area (Å²) in [7, 11) is 0. The number of hydrogen-bond acceptors (Lipinski definition) is 3. The van der Waals surface area contributed by atoms with Gasteiger partial charge in [0.15, 0.2) is 0 Å². The summed E-state index contributed by atoms with van der Waals surface area (Å²) in [6.45, 7) is 6.32. The molecule has 2 amide bonds. The molecule has 0 saturated heterocycles. The van der Waals surface area contributed by atoms with Gasteiger partial charge in [0, 0.05) is 23.4 Å². The van der Waals surface area contributed by atoms with E-state index in [4.69, 9.17) is 11.6 Å². The van der Waals surface area contributed by atoms with Crippen molar-refractivity contribution in [2.45, 2.75) is 51.4 Å². The van der Waals surface area contributed by atoms with Crippen LogP contribution in [0.15, 0.2) is 54.6 Å². The van der Waals surface area contributed by atoms with E-state index < -0.39 is 6.04 Å². The molecule has 0 aliphatic heterocycles. The van der Waals surface area contributed by atoms with Crippen LogP contribution in [0, 0.1) is 0 Å². The van der Waals surface area contributed by atoms with E-state index in [1.807, 2.05) is 75.4 Å². The molecule has 1 N–H and O–H groups in total. The molecule has 2 rings (SSSR count). The molecule has 162 valence electrons. The third-order valence-corrected chi connectivity index (χ3v) is 6.26. The molecule has 4 nitrogen and oxygen atoms in total. The van der Waals surface area contributed by atoms with E-state index in [1.165, 1.54) is 11.8 Å². The molecule has 0 heterocycles. The van der Waals surface area contributed by atoms with Gasteiger partial charge in [0.25, 0.3) is 0 Å². The van der Waals surface area contributed by atoms with Gasteiger partial charge in [-0.1, -0.05) is 61.0 Å². The Kier molecular flexibility index (Phi) is 10.2. The van der Waals surface area contributed by atoms with Crippen LogP contribution in [-0.2, 0) is 21.8 Å². The first-order valence-corrected chi connectivity index (χ1v) is 11.9. The van der Waals surface area contributed by atoms with Crippen molar-refractivity contribution >= 4 is 35.2 Å². The van der Waals surface area contributed by atoms with E-state index in [9.17, 15) is 9.59 Å². The van der Waals surface area contributed by atoms with Gasteiger partial charge in [-0.2, -0.15) is 0 Å². The van der Waals surface area contributed by atoms with Crippen LogP contribution >= 0.6 is 23.4 Å². The number of rotatable bonds is 11. The molecule has 2 atom stereocenters. The molecule has 0 aromatic heterocycles. The zero-order valence-corrected chi connectivity index (χ0v) is 19.5. The minimum atomic E-state index is -0.512. The maximum absolute atomic E-state index is 13.0. The average Bonchev–Trinajstić information content (AvgIpc) is 2.74. The Bertz CT molecular complexity index is 816. The van der Waals surface area contributed by atoms with E-state index in [-0.39, 0.29) is 17.9 Å². The lowest BCUT2D eigenvalue weighted by molar-refractivity contribution is -0.138. The van der Waals surface area contributed by atoms with Crippen LogP contribution in [0.2, 0.25) is 5.02 Å². The smallest absolute Gasteiger partial charge is 0.242 e. The van der Waals surface area contributed by atoms with Crippen LogP contribution in [0.3, 0.4) is 0 Å². The SMILES string of the molecule is CC[C@@H](C)NC(=O)[C@H](C)N(CCc1ccccc1)C(=O)CSCc1cccc(Cl)c1. The van der Waals surface area contributed by atoms with Gasteiger partial charge in [-0.05, 0) is 49.9 Å². The Balaban J connectivity index is 2.00. The molecule has 0 spiro atoms. The van der Waals surface area contributed by atoms with Crippen LogP contribution < -0.4 is 5.32 Å². The molecular formula is C24H31ClN2O2S. The third-order valence-electron chi connectivity index (χ3n) is 5.04. The number of thioether (sulfide) groups is 1. The van der Waals surface area contributed by atoms with E-state index in [2.05, 4.69) is 5.32 Å². The van der Waals surface area contributed by atoms with Gasteiger partial charge in [0.2, 0.25) is 11.8 Å². The van der Waals surface area contributed by atoms with E-state index in [1.54, 1.807) is 4.90 Å². The minimum Gasteiger partial charge on any atom is -0.352 e. The van der Waals surface area contributed by atoms with Crippen LogP contribution in [0.4, 0.5) is 0 Å². The first-order valence-electron chi connectivity index (χ1n) is 10.4. The highest BCUT2D eigenvalue weighted by Crippen LogP contribution is 2.18. The Hall–Kier alpha value is -1.98. The maximum atomic E-state index is 13.0. The van der Waals surface area contributed by atoms with Crippen molar-refractivity contribution in [1.29, 1.82) is 0 Å². The van der Waals surface area contributed by atoms with Crippen molar-refractivity contribution in [2.24, 2.45) is 0 Å². The summed E-state index contributed by atoms with van der Waals surface area (Å²) in [6.07, 6.45) is 1.57. The quantitative estimate of drug-likeness (QED) is 0.531. The average molecular weight is 447 g/mol. The summed E-state index contributed by atoms with van der Waals surface area (Å²) in [4.78, 5) is 27.4. The topological polar surface area (TPSA) is 49.4 Å². The fraction of sp³-hybridized carbons (Fsp3) is 0.417. The number of hydrogen-bond donors (Lipinski definition) is 1. The normalized spacial score (nSPS) is 12.8. The fourth-order valence-corrected chi connectivity index (χ4v) is 4.07. The van der Waals surface area contributed by atoms with Gasteiger partial charge < -0.3 is 10.2 Å². The molecule has 0 radical (unpaired) electrons. The lowest BCUT2D eigenvalue weighted by atomic mass is 10.1. The lowest BCUT2D eigenvalue weighted by Gasteiger charge is -2.29. The highest BCUT2D eigenvalue weighted by Gasteiger charge is 2.26. The van der Waals surface area contributed by atoms with Gasteiger partial charge >= 0.3 is 0 Å². The molecule has 6 heteroatoms. The number of carbonyl (C=O) groups is 2. The van der Waals surface area contributed by atoms with Gasteiger partial charge in [-0.25, -0.2) is 0 Å². The number of amides is 2. The predicted molar refractivity (Wildman–Crippen MR) is 127 cm³/mol. The first kappa shape index (κ1) is 24.3. The molecule has 0 unspecified atom stereocenters. The van der Waals surface area contributed by atoms with Crippen LogP contribution in [0.5, 0.6) is 0 Å². The molecule has 0 fully saturated rings. The highest BCUT2D eigenvalue weighted by molar-refractivity contribution is 7.99. The van der Waals surface area contributed by atoms with Gasteiger partial charge in [0.05, 0.1) is 5.75 Å². The summed E-state index contributed by atoms with van der Waals surface area (Å²) in [5.74, 6) is 0.893. The third kappa shape index (κ3) is 8.04. The number of halogens is 1. The summed E-state index contributed by atoms with van der Waals surface area (Å²) in [5, 5.41) is 3.69. The summed E-state index contributed by atoms with van der Waals surface area (Å²) in [5.41, 5.74) is 2.23. The summed E-state index contributed by atoms with van der Waals surface area (Å²) < 4.78 is 0. The Morgan fingerprint density at radius 3 is 2.43 bits per heavy atom. The summed E-state index contributed by atoms with van der Waals surface area (Å²) in [6, 6.07) is 17.3. The molecule has 0 aliphatic rings. The second-order valence-electron chi connectivity index (χ2n) is 7.44. The van der Waals surface area contributed by atoms with Gasteiger partial charge in [-0.3, -0.25) is 9.59 Å². The van der Waals surface area contributed by atoms with E-state index in [0.29, 0.717) is 29.5 Å². The van der Waals surface area contributed by atoms with E-state index in [0.717, 1.165) is 17.5 Å². The molecule has 0 aliphatic carbocycles. The molecule has 0 bridgehead atoms. The van der Waals surface area contributed by atoms with Crippen molar-refractivity contribution in [3.8, 4) is 0 Å². The monoisotopic (exact) mass is 446 g/mol. The molecule has 2 aromatic carbocycles. The second kappa shape index (κ2) is 12.7. The summed E-state index contributed by atoms with van der Waals surface area (Å²) >= 11 is 7.58. The standard InChI is InChI=1S/C24H31ClN2O2S/c1-4-18(2)26-24(29)19(3)27(14-13-20-9-6-5-7-10-20)23(28)17-30-16-21-11-8-12-22(25)15-21/h5-12,15,18-19H,4,13-14,16-17H2,1-3H3,(H,26,29)/t18-,19+/m1/s1. The Morgan fingerprint density at radius 1 is 1.07 bits per heavy atom. The van der Waals surface area contributed by atoms with Gasteiger partial charge in [-0.15, -0.1) is 11.8 Å². The zero-order chi connectivity index (χ0) is 21.9. The number of nitrogens with one attached hydrogen (secondary N) is 1. The lowest BCUT2D eigenvalue weighted by Crippen LogP contribution is -2.51. The fourth-order valence-electron chi connectivity index (χ4n) is 3.00. The molecule has 30 heavy (non-hydrogen) atoms. The van der Waals surface area contributed by atoms with Crippen molar-refractivity contribution in [3.63, 3.8) is 0 Å². The van der Waals surface area contributed by atoms with E-state index >= 15 is 0 Å². The van der Waals surface area contributed by atoms with Crippen LogP contribution in [-0.4, -0.2) is 41.1 Å². The van der Waals surface area contributed by atoms with Gasteiger partial charge in [0.1, 0.15) is 6.04 Å². The maximum Gasteiger partial charge on any atom is 0.242 e. The molecule has 2 aromatic rings.